The highest BCUT2D eigenvalue weighted by atomic mass is 79.9. The van der Waals surface area contributed by atoms with Crippen LogP contribution in [-0.2, 0) is 6.54 Å². The smallest absolute Gasteiger partial charge is 0.263 e. The maximum Gasteiger partial charge on any atom is 0.263 e. The number of hydrogen-bond donors (Lipinski definition) is 0. The summed E-state index contributed by atoms with van der Waals surface area (Å²) in [5, 5.41) is 0.211. The Labute approximate surface area is 104 Å². The predicted molar refractivity (Wildman–Crippen MR) is 64.3 cm³/mol. The average Bonchev–Trinajstić information content (AvgIpc) is 2.24. The van der Waals surface area contributed by atoms with Gasteiger partial charge in [0, 0.05) is 11.0 Å². The Morgan fingerprint density at radius 3 is 2.88 bits per heavy atom. The summed E-state index contributed by atoms with van der Waals surface area (Å²) < 4.78 is 15.3. The third-order valence-electron chi connectivity index (χ3n) is 2.28. The highest BCUT2D eigenvalue weighted by Crippen LogP contribution is 2.23. The van der Waals surface area contributed by atoms with Crippen molar-refractivity contribution in [2.75, 3.05) is 0 Å². The fourth-order valence-corrected chi connectivity index (χ4v) is 2.27. The Morgan fingerprint density at radius 2 is 2.25 bits per heavy atom. The highest BCUT2D eigenvalue weighted by Gasteiger charge is 2.14. The zero-order chi connectivity index (χ0) is 11.9. The number of hydrogen-bond acceptors (Lipinski definition) is 2. The minimum Gasteiger partial charge on any atom is -0.283 e. The third-order valence-corrected chi connectivity index (χ3v) is 3.23. The van der Waals surface area contributed by atoms with Crippen LogP contribution >= 0.6 is 27.5 Å². The molecule has 3 nitrogen and oxygen atoms in total. The van der Waals surface area contributed by atoms with Crippen LogP contribution in [0.4, 0.5) is 4.39 Å². The Bertz CT molecular complexity index is 626. The van der Waals surface area contributed by atoms with Crippen molar-refractivity contribution in [3.8, 4) is 0 Å². The number of nitrogens with zero attached hydrogens (tertiary/aromatic N) is 2. The second-order valence-electron chi connectivity index (χ2n) is 3.18. The molecule has 0 fully saturated rings. The Hall–Kier alpha value is -0.940. The standard InChI is InChI=1S/C10H7BrClFN2O/c1-2-15-9(16)7-5(11)3-4-6(13)8(7)14-10(15)12/h3-4H,2H2,1H3. The van der Waals surface area contributed by atoms with E-state index in [2.05, 4.69) is 20.9 Å². The SMILES string of the molecule is CCn1c(Cl)nc2c(F)ccc(Br)c2c1=O. The zero-order valence-electron chi connectivity index (χ0n) is 8.30. The summed E-state index contributed by atoms with van der Waals surface area (Å²) in [6, 6.07) is 2.72. The van der Waals surface area contributed by atoms with Gasteiger partial charge in [-0.25, -0.2) is 9.37 Å². The van der Waals surface area contributed by atoms with Gasteiger partial charge in [0.1, 0.15) is 11.3 Å². The number of halogens is 3. The molecule has 1 heterocycles. The Morgan fingerprint density at radius 1 is 1.56 bits per heavy atom. The molecule has 0 aliphatic carbocycles. The second kappa shape index (κ2) is 4.14. The van der Waals surface area contributed by atoms with Gasteiger partial charge in [0.25, 0.3) is 5.56 Å². The van der Waals surface area contributed by atoms with Crippen molar-refractivity contribution >= 4 is 38.4 Å². The molecule has 2 rings (SSSR count). The van der Waals surface area contributed by atoms with Crippen molar-refractivity contribution in [3.05, 3.63) is 38.1 Å². The summed E-state index contributed by atoms with van der Waals surface area (Å²) in [7, 11) is 0. The summed E-state index contributed by atoms with van der Waals surface area (Å²) in [4.78, 5) is 15.9. The molecular formula is C10H7BrClFN2O. The van der Waals surface area contributed by atoms with Crippen molar-refractivity contribution in [2.24, 2.45) is 0 Å². The van der Waals surface area contributed by atoms with Gasteiger partial charge in [-0.05, 0) is 46.6 Å². The minimum absolute atomic E-state index is 0.00278. The van der Waals surface area contributed by atoms with Crippen molar-refractivity contribution in [2.45, 2.75) is 13.5 Å². The summed E-state index contributed by atoms with van der Waals surface area (Å²) in [5.41, 5.74) is -0.349. The second-order valence-corrected chi connectivity index (χ2v) is 4.38. The first kappa shape index (κ1) is 11.5. The number of benzene rings is 1. The van der Waals surface area contributed by atoms with Crippen LogP contribution in [0.15, 0.2) is 21.4 Å². The molecule has 1 aromatic heterocycles. The van der Waals surface area contributed by atoms with E-state index in [1.807, 2.05) is 0 Å². The highest BCUT2D eigenvalue weighted by molar-refractivity contribution is 9.10. The Balaban J connectivity index is 3.05. The lowest BCUT2D eigenvalue weighted by molar-refractivity contribution is 0.633. The molecule has 0 unspecified atom stereocenters. The first-order chi connectivity index (χ1) is 7.56. The Kier molecular flexibility index (Phi) is 2.99. The molecule has 0 amide bonds. The molecule has 0 saturated carbocycles. The minimum atomic E-state index is -0.555. The first-order valence-electron chi connectivity index (χ1n) is 4.60. The van der Waals surface area contributed by atoms with Gasteiger partial charge in [0.05, 0.1) is 5.39 Å². The molecule has 0 N–H and O–H groups in total. The van der Waals surface area contributed by atoms with Crippen LogP contribution in [0.5, 0.6) is 0 Å². The van der Waals surface area contributed by atoms with E-state index in [1.54, 1.807) is 6.92 Å². The number of rotatable bonds is 1. The van der Waals surface area contributed by atoms with Crippen molar-refractivity contribution in [3.63, 3.8) is 0 Å². The van der Waals surface area contributed by atoms with Gasteiger partial charge >= 0.3 is 0 Å². The maximum atomic E-state index is 13.5. The lowest BCUT2D eigenvalue weighted by Gasteiger charge is -2.07. The molecule has 0 saturated heterocycles. The quantitative estimate of drug-likeness (QED) is 0.759. The van der Waals surface area contributed by atoms with Gasteiger partial charge in [0.2, 0.25) is 5.28 Å². The van der Waals surface area contributed by atoms with Gasteiger partial charge < -0.3 is 0 Å². The van der Waals surface area contributed by atoms with Crippen LogP contribution in [-0.4, -0.2) is 9.55 Å². The molecule has 0 aliphatic rings. The first-order valence-corrected chi connectivity index (χ1v) is 5.77. The molecule has 0 spiro atoms. The topological polar surface area (TPSA) is 34.9 Å². The fourth-order valence-electron chi connectivity index (χ4n) is 1.50. The largest absolute Gasteiger partial charge is 0.283 e. The van der Waals surface area contributed by atoms with Gasteiger partial charge in [-0.2, -0.15) is 0 Å². The van der Waals surface area contributed by atoms with Crippen LogP contribution in [0.2, 0.25) is 5.28 Å². The van der Waals surface area contributed by atoms with E-state index in [4.69, 9.17) is 11.6 Å². The van der Waals surface area contributed by atoms with E-state index in [-0.39, 0.29) is 21.7 Å². The molecule has 16 heavy (non-hydrogen) atoms. The zero-order valence-corrected chi connectivity index (χ0v) is 10.6. The van der Waals surface area contributed by atoms with Crippen LogP contribution in [0.3, 0.4) is 0 Å². The van der Waals surface area contributed by atoms with Crippen molar-refractivity contribution < 1.29 is 4.39 Å². The maximum absolute atomic E-state index is 13.5. The summed E-state index contributed by atoms with van der Waals surface area (Å²) in [5.74, 6) is -0.555. The van der Waals surface area contributed by atoms with Gasteiger partial charge in [-0.3, -0.25) is 9.36 Å². The molecular weight excluding hydrogens is 298 g/mol. The van der Waals surface area contributed by atoms with E-state index in [9.17, 15) is 9.18 Å². The van der Waals surface area contributed by atoms with E-state index < -0.39 is 5.82 Å². The third kappa shape index (κ3) is 1.64. The van der Waals surface area contributed by atoms with Crippen LogP contribution in [0, 0.1) is 5.82 Å². The van der Waals surface area contributed by atoms with Crippen LogP contribution in [0.1, 0.15) is 6.92 Å². The summed E-state index contributed by atoms with van der Waals surface area (Å²) in [6.07, 6.45) is 0. The molecule has 0 bridgehead atoms. The van der Waals surface area contributed by atoms with Crippen LogP contribution < -0.4 is 5.56 Å². The van der Waals surface area contributed by atoms with Crippen LogP contribution in [0.25, 0.3) is 10.9 Å². The lowest BCUT2D eigenvalue weighted by Crippen LogP contribution is -2.22. The predicted octanol–water partition coefficient (Wildman–Crippen LogP) is 2.97. The van der Waals surface area contributed by atoms with E-state index in [1.165, 1.54) is 16.7 Å². The number of aromatic nitrogens is 2. The van der Waals surface area contributed by atoms with E-state index in [0.717, 1.165) is 0 Å². The fraction of sp³-hybridized carbons (Fsp3) is 0.200. The molecule has 0 radical (unpaired) electrons. The monoisotopic (exact) mass is 304 g/mol. The van der Waals surface area contributed by atoms with E-state index >= 15 is 0 Å². The molecule has 6 heteroatoms. The summed E-state index contributed by atoms with van der Waals surface area (Å²) in [6.45, 7) is 2.16. The number of fused-ring (bicyclic) bond motifs is 1. The molecule has 0 atom stereocenters. The molecule has 2 aromatic rings. The van der Waals surface area contributed by atoms with Crippen molar-refractivity contribution in [1.82, 2.24) is 9.55 Å². The van der Waals surface area contributed by atoms with Gasteiger partial charge in [-0.1, -0.05) is 0 Å². The lowest BCUT2D eigenvalue weighted by atomic mass is 10.2. The molecule has 0 aliphatic heterocycles. The summed E-state index contributed by atoms with van der Waals surface area (Å²) >= 11 is 9.01. The normalized spacial score (nSPS) is 11.0. The van der Waals surface area contributed by atoms with Crippen molar-refractivity contribution in [1.29, 1.82) is 0 Å². The van der Waals surface area contributed by atoms with Gasteiger partial charge in [0.15, 0.2) is 0 Å². The molecule has 1 aromatic carbocycles. The molecule has 84 valence electrons. The average molecular weight is 306 g/mol. The van der Waals surface area contributed by atoms with Gasteiger partial charge in [-0.15, -0.1) is 0 Å². The van der Waals surface area contributed by atoms with E-state index in [0.29, 0.717) is 11.0 Å².